The lowest BCUT2D eigenvalue weighted by Gasteiger charge is -2.48. The van der Waals surface area contributed by atoms with Gasteiger partial charge in [-0.2, -0.15) is 0 Å². The maximum absolute atomic E-state index is 12.5. The minimum atomic E-state index is -0.182. The van der Waals surface area contributed by atoms with Gasteiger partial charge in [-0.15, -0.1) is 0 Å². The summed E-state index contributed by atoms with van der Waals surface area (Å²) in [7, 11) is 0. The average Bonchev–Trinajstić information content (AvgIpc) is 3.26. The van der Waals surface area contributed by atoms with Gasteiger partial charge in [-0.3, -0.25) is 9.59 Å². The molecule has 1 aliphatic carbocycles. The number of rotatable bonds is 3. The van der Waals surface area contributed by atoms with Crippen molar-refractivity contribution in [1.29, 1.82) is 0 Å². The van der Waals surface area contributed by atoms with Gasteiger partial charge < -0.3 is 19.0 Å². The summed E-state index contributed by atoms with van der Waals surface area (Å²) < 4.78 is 11.2. The molecule has 0 bridgehead atoms. The third-order valence-electron chi connectivity index (χ3n) is 5.89. The minimum Gasteiger partial charge on any atom is -0.472 e. The molecule has 0 radical (unpaired) electrons. The molecule has 3 fully saturated rings. The van der Waals surface area contributed by atoms with Crippen molar-refractivity contribution in [2.75, 3.05) is 19.7 Å². The molecule has 1 atom stereocenters. The monoisotopic (exact) mass is 346 g/mol. The van der Waals surface area contributed by atoms with Gasteiger partial charge in [-0.05, 0) is 44.6 Å². The summed E-state index contributed by atoms with van der Waals surface area (Å²) in [4.78, 5) is 28.5. The Morgan fingerprint density at radius 3 is 2.56 bits per heavy atom. The quantitative estimate of drug-likeness (QED) is 0.843. The Kier molecular flexibility index (Phi) is 4.31. The molecule has 1 saturated carbocycles. The number of ether oxygens (including phenoxy) is 1. The number of hydrogen-bond donors (Lipinski definition) is 0. The normalized spacial score (nSPS) is 25.8. The molecular weight excluding hydrogens is 320 g/mol. The highest BCUT2D eigenvalue weighted by atomic mass is 16.5. The predicted octanol–water partition coefficient (Wildman–Crippen LogP) is 2.44. The van der Waals surface area contributed by atoms with E-state index in [2.05, 4.69) is 4.90 Å². The first kappa shape index (κ1) is 16.6. The van der Waals surface area contributed by atoms with E-state index in [0.717, 1.165) is 38.5 Å². The van der Waals surface area contributed by atoms with Crippen molar-refractivity contribution in [2.24, 2.45) is 0 Å². The van der Waals surface area contributed by atoms with Crippen molar-refractivity contribution in [3.05, 3.63) is 24.2 Å². The van der Waals surface area contributed by atoms with E-state index in [1.165, 1.54) is 12.5 Å². The molecule has 3 aliphatic rings. The lowest BCUT2D eigenvalue weighted by Crippen LogP contribution is -2.55. The molecule has 2 amide bonds. The number of hydrogen-bond acceptors (Lipinski definition) is 4. The Bertz CT molecular complexity index is 630. The van der Waals surface area contributed by atoms with Crippen LogP contribution in [0, 0.1) is 0 Å². The molecule has 6 heteroatoms. The van der Waals surface area contributed by atoms with Crippen LogP contribution in [-0.2, 0) is 9.53 Å². The van der Waals surface area contributed by atoms with Crippen LogP contribution in [0.25, 0.3) is 0 Å². The molecule has 25 heavy (non-hydrogen) atoms. The van der Waals surface area contributed by atoms with Crippen LogP contribution in [-0.4, -0.2) is 59.0 Å². The third-order valence-corrected chi connectivity index (χ3v) is 5.89. The molecule has 0 N–H and O–H groups in total. The van der Waals surface area contributed by atoms with Crippen LogP contribution in [0.3, 0.4) is 0 Å². The fourth-order valence-electron chi connectivity index (χ4n) is 4.44. The van der Waals surface area contributed by atoms with Crippen LogP contribution >= 0.6 is 0 Å². The maximum atomic E-state index is 12.5. The Morgan fingerprint density at radius 2 is 1.96 bits per heavy atom. The van der Waals surface area contributed by atoms with Crippen molar-refractivity contribution >= 4 is 11.8 Å². The van der Waals surface area contributed by atoms with Crippen molar-refractivity contribution in [1.82, 2.24) is 9.80 Å². The molecule has 2 aliphatic heterocycles. The van der Waals surface area contributed by atoms with Crippen molar-refractivity contribution in [2.45, 2.75) is 63.1 Å². The second-order valence-electron chi connectivity index (χ2n) is 7.64. The summed E-state index contributed by atoms with van der Waals surface area (Å²) >= 11 is 0. The molecule has 2 saturated heterocycles. The number of piperidine rings is 1. The van der Waals surface area contributed by atoms with Gasteiger partial charge in [0.05, 0.1) is 17.4 Å². The number of amides is 2. The van der Waals surface area contributed by atoms with E-state index in [4.69, 9.17) is 9.15 Å². The SMILES string of the molecule is CC(=O)N(C1CC1)C1CCOC2(CCN(C(=O)c3ccoc3)CC2)C1. The lowest BCUT2D eigenvalue weighted by molar-refractivity contribution is -0.148. The summed E-state index contributed by atoms with van der Waals surface area (Å²) in [5.41, 5.74) is 0.425. The van der Waals surface area contributed by atoms with Crippen LogP contribution in [0.2, 0.25) is 0 Å². The number of likely N-dealkylation sites (tertiary alicyclic amines) is 1. The second-order valence-corrected chi connectivity index (χ2v) is 7.64. The molecule has 1 spiro atoms. The third kappa shape index (κ3) is 3.32. The zero-order valence-electron chi connectivity index (χ0n) is 14.8. The number of carbonyl (C=O) groups excluding carboxylic acids is 2. The topological polar surface area (TPSA) is 63.0 Å². The Hall–Kier alpha value is -1.82. The van der Waals surface area contributed by atoms with E-state index >= 15 is 0 Å². The Balaban J connectivity index is 1.40. The molecular formula is C19H26N2O4. The summed E-state index contributed by atoms with van der Waals surface area (Å²) in [5, 5.41) is 0. The van der Waals surface area contributed by atoms with Crippen molar-refractivity contribution in [3.63, 3.8) is 0 Å². The fourth-order valence-corrected chi connectivity index (χ4v) is 4.44. The number of furan rings is 1. The zero-order valence-corrected chi connectivity index (χ0v) is 14.8. The second kappa shape index (κ2) is 6.48. The summed E-state index contributed by atoms with van der Waals surface area (Å²) in [6.45, 7) is 3.78. The van der Waals surface area contributed by atoms with Gasteiger partial charge in [0.15, 0.2) is 0 Å². The Labute approximate surface area is 148 Å². The molecule has 1 aromatic heterocycles. The van der Waals surface area contributed by atoms with Crippen molar-refractivity contribution in [3.8, 4) is 0 Å². The standard InChI is InChI=1S/C19H26N2O4/c1-14(22)21(16-2-3-16)17-5-11-25-19(12-17)6-8-20(9-7-19)18(23)15-4-10-24-13-15/h4,10,13,16-17H,2-3,5-9,11-12H2,1H3. The highest BCUT2D eigenvalue weighted by Crippen LogP contribution is 2.40. The van der Waals surface area contributed by atoms with Gasteiger partial charge >= 0.3 is 0 Å². The molecule has 136 valence electrons. The minimum absolute atomic E-state index is 0.0271. The van der Waals surface area contributed by atoms with E-state index in [-0.39, 0.29) is 23.5 Å². The lowest BCUT2D eigenvalue weighted by atomic mass is 9.81. The predicted molar refractivity (Wildman–Crippen MR) is 91.1 cm³/mol. The van der Waals surface area contributed by atoms with E-state index in [1.54, 1.807) is 13.0 Å². The first-order chi connectivity index (χ1) is 12.1. The molecule has 4 rings (SSSR count). The Morgan fingerprint density at radius 1 is 1.20 bits per heavy atom. The summed E-state index contributed by atoms with van der Waals surface area (Å²) in [6, 6.07) is 2.44. The van der Waals surface area contributed by atoms with E-state index in [9.17, 15) is 9.59 Å². The molecule has 6 nitrogen and oxygen atoms in total. The molecule has 1 aromatic rings. The number of nitrogens with zero attached hydrogens (tertiary/aromatic N) is 2. The van der Waals surface area contributed by atoms with Crippen LogP contribution < -0.4 is 0 Å². The van der Waals surface area contributed by atoms with Gasteiger partial charge in [-0.25, -0.2) is 0 Å². The highest BCUT2D eigenvalue weighted by Gasteiger charge is 2.45. The van der Waals surface area contributed by atoms with E-state index in [0.29, 0.717) is 31.3 Å². The summed E-state index contributed by atoms with van der Waals surface area (Å²) in [5.74, 6) is 0.219. The van der Waals surface area contributed by atoms with Gasteiger partial charge in [0.25, 0.3) is 5.91 Å². The van der Waals surface area contributed by atoms with Gasteiger partial charge in [0.1, 0.15) is 6.26 Å². The fraction of sp³-hybridized carbons (Fsp3) is 0.684. The molecule has 3 heterocycles. The summed E-state index contributed by atoms with van der Waals surface area (Å²) in [6.07, 6.45) is 8.80. The van der Waals surface area contributed by atoms with Crippen LogP contribution in [0.1, 0.15) is 55.8 Å². The van der Waals surface area contributed by atoms with Crippen LogP contribution in [0.15, 0.2) is 23.0 Å². The zero-order chi connectivity index (χ0) is 17.4. The smallest absolute Gasteiger partial charge is 0.257 e. The largest absolute Gasteiger partial charge is 0.472 e. The van der Waals surface area contributed by atoms with Gasteiger partial charge in [-0.1, -0.05) is 0 Å². The molecule has 1 unspecified atom stereocenters. The maximum Gasteiger partial charge on any atom is 0.257 e. The van der Waals surface area contributed by atoms with Crippen molar-refractivity contribution < 1.29 is 18.7 Å². The number of carbonyl (C=O) groups is 2. The first-order valence-electron chi connectivity index (χ1n) is 9.32. The van der Waals surface area contributed by atoms with Gasteiger partial charge in [0.2, 0.25) is 5.91 Å². The average molecular weight is 346 g/mol. The van der Waals surface area contributed by atoms with E-state index < -0.39 is 0 Å². The molecule has 0 aromatic carbocycles. The van der Waals surface area contributed by atoms with Crippen LogP contribution in [0.5, 0.6) is 0 Å². The van der Waals surface area contributed by atoms with Gasteiger partial charge in [0, 0.05) is 38.7 Å². The van der Waals surface area contributed by atoms with Crippen LogP contribution in [0.4, 0.5) is 0 Å². The first-order valence-corrected chi connectivity index (χ1v) is 9.32. The highest BCUT2D eigenvalue weighted by molar-refractivity contribution is 5.93. The van der Waals surface area contributed by atoms with E-state index in [1.807, 2.05) is 4.90 Å².